The predicted octanol–water partition coefficient (Wildman–Crippen LogP) is 5.88. The number of nitrogens with zero attached hydrogens (tertiary/aromatic N) is 1. The van der Waals surface area contributed by atoms with Gasteiger partial charge in [-0.2, -0.15) is 12.6 Å². The van der Waals surface area contributed by atoms with Crippen LogP contribution in [0.2, 0.25) is 0 Å². The van der Waals surface area contributed by atoms with Crippen molar-refractivity contribution in [3.63, 3.8) is 0 Å². The van der Waals surface area contributed by atoms with E-state index in [1.807, 2.05) is 52.8 Å². The predicted molar refractivity (Wildman–Crippen MR) is 154 cm³/mol. The number of unbranched alkanes of at least 4 members (excludes halogenated alkanes) is 4. The molecule has 7 nitrogen and oxygen atoms in total. The molecule has 0 aliphatic rings. The fourth-order valence-corrected chi connectivity index (χ4v) is 4.46. The van der Waals surface area contributed by atoms with Gasteiger partial charge in [-0.1, -0.05) is 50.8 Å². The molecule has 2 atom stereocenters. The molecule has 8 heteroatoms. The summed E-state index contributed by atoms with van der Waals surface area (Å²) in [6.45, 7) is 17.5. The van der Waals surface area contributed by atoms with E-state index in [-0.39, 0.29) is 17.6 Å². The summed E-state index contributed by atoms with van der Waals surface area (Å²) in [4.78, 5) is 42.0. The first kappa shape index (κ1) is 32.8. The van der Waals surface area contributed by atoms with Crippen LogP contribution in [0.25, 0.3) is 0 Å². The van der Waals surface area contributed by atoms with E-state index in [9.17, 15) is 14.4 Å². The Morgan fingerprint density at radius 3 is 2.03 bits per heavy atom. The van der Waals surface area contributed by atoms with Gasteiger partial charge >= 0.3 is 6.09 Å². The van der Waals surface area contributed by atoms with Gasteiger partial charge in [0, 0.05) is 17.8 Å². The minimum atomic E-state index is -0.942. The van der Waals surface area contributed by atoms with Crippen LogP contribution in [0, 0.1) is 13.8 Å². The van der Waals surface area contributed by atoms with E-state index in [2.05, 4.69) is 30.2 Å². The van der Waals surface area contributed by atoms with Crippen LogP contribution in [-0.4, -0.2) is 52.3 Å². The van der Waals surface area contributed by atoms with Gasteiger partial charge in [0.2, 0.25) is 11.8 Å². The second-order valence-electron chi connectivity index (χ2n) is 11.8. The molecule has 0 heterocycles. The van der Waals surface area contributed by atoms with Gasteiger partial charge in [0.1, 0.15) is 17.7 Å². The van der Waals surface area contributed by atoms with Crippen LogP contribution >= 0.6 is 12.6 Å². The Morgan fingerprint density at radius 2 is 1.54 bits per heavy atom. The Labute approximate surface area is 229 Å². The molecule has 0 spiro atoms. The van der Waals surface area contributed by atoms with Crippen LogP contribution < -0.4 is 10.6 Å². The largest absolute Gasteiger partial charge is 0.444 e. The highest BCUT2D eigenvalue weighted by molar-refractivity contribution is 7.80. The van der Waals surface area contributed by atoms with Crippen molar-refractivity contribution >= 4 is 30.5 Å². The van der Waals surface area contributed by atoms with Gasteiger partial charge in [0.05, 0.1) is 0 Å². The molecule has 1 rings (SSSR count). The average molecular weight is 536 g/mol. The van der Waals surface area contributed by atoms with Crippen LogP contribution in [0.4, 0.5) is 4.79 Å². The fourth-order valence-electron chi connectivity index (χ4n) is 4.21. The Bertz CT molecular complexity index is 885. The second kappa shape index (κ2) is 14.6. The number of ether oxygens (including phenoxy) is 1. The molecular weight excluding hydrogens is 486 g/mol. The molecule has 37 heavy (non-hydrogen) atoms. The molecule has 0 bridgehead atoms. The molecule has 2 unspecified atom stereocenters. The molecule has 1 aromatic carbocycles. The summed E-state index contributed by atoms with van der Waals surface area (Å²) in [7, 11) is 0. The van der Waals surface area contributed by atoms with E-state index in [0.717, 1.165) is 48.8 Å². The third-order valence-electron chi connectivity index (χ3n) is 5.83. The normalized spacial score (nSPS) is 13.5. The zero-order valence-corrected chi connectivity index (χ0v) is 25.3. The first-order valence-electron chi connectivity index (χ1n) is 13.4. The first-order valence-corrected chi connectivity index (χ1v) is 14.0. The molecule has 0 radical (unpaired) electrons. The highest BCUT2D eigenvalue weighted by Crippen LogP contribution is 2.30. The van der Waals surface area contributed by atoms with Crippen LogP contribution in [0.5, 0.6) is 0 Å². The maximum absolute atomic E-state index is 14.0. The summed E-state index contributed by atoms with van der Waals surface area (Å²) in [5.41, 5.74) is 1.47. The number of hydrogen-bond acceptors (Lipinski definition) is 5. The number of thiol groups is 1. The average Bonchev–Trinajstić information content (AvgIpc) is 2.75. The third-order valence-corrected chi connectivity index (χ3v) is 6.20. The Morgan fingerprint density at radius 1 is 0.973 bits per heavy atom. The van der Waals surface area contributed by atoms with Crippen LogP contribution in [0.3, 0.4) is 0 Å². The second-order valence-corrected chi connectivity index (χ2v) is 12.1. The summed E-state index contributed by atoms with van der Waals surface area (Å²) in [6.07, 6.45) is 4.31. The van der Waals surface area contributed by atoms with Crippen molar-refractivity contribution in [3.05, 3.63) is 34.9 Å². The summed E-state index contributed by atoms with van der Waals surface area (Å²) >= 11 is 4.37. The number of carbonyl (C=O) groups is 3. The summed E-state index contributed by atoms with van der Waals surface area (Å²) in [5, 5.41) is 5.76. The van der Waals surface area contributed by atoms with Crippen molar-refractivity contribution < 1.29 is 19.1 Å². The van der Waals surface area contributed by atoms with Crippen molar-refractivity contribution in [2.24, 2.45) is 0 Å². The van der Waals surface area contributed by atoms with E-state index in [1.54, 1.807) is 25.7 Å². The lowest BCUT2D eigenvalue weighted by molar-refractivity contribution is -0.142. The minimum Gasteiger partial charge on any atom is -0.444 e. The smallest absolute Gasteiger partial charge is 0.408 e. The minimum absolute atomic E-state index is 0.0742. The Hall–Kier alpha value is -2.22. The third kappa shape index (κ3) is 11.4. The van der Waals surface area contributed by atoms with Gasteiger partial charge in [-0.25, -0.2) is 4.79 Å². The number of benzene rings is 1. The van der Waals surface area contributed by atoms with Crippen LogP contribution in [-0.2, 0) is 14.3 Å². The Balaban J connectivity index is 3.50. The van der Waals surface area contributed by atoms with E-state index >= 15 is 0 Å². The molecule has 0 saturated heterocycles. The van der Waals surface area contributed by atoms with Gasteiger partial charge in [-0.3, -0.25) is 9.59 Å². The van der Waals surface area contributed by atoms with Crippen molar-refractivity contribution in [2.75, 3.05) is 12.3 Å². The lowest BCUT2D eigenvalue weighted by atomic mass is 9.92. The number of amides is 3. The monoisotopic (exact) mass is 535 g/mol. The lowest BCUT2D eigenvalue weighted by Gasteiger charge is -2.37. The molecule has 0 aliphatic carbocycles. The van der Waals surface area contributed by atoms with E-state index in [1.165, 1.54) is 0 Å². The standard InChI is InChI=1S/C29H49N3O4S/c1-10-11-12-13-14-18-32(26(34)22(19-37)30-27(35)36-29(7,8)9)24(25(33)31-28(4,5)6)23-20(2)16-15-17-21(23)3/h15-17,22,24,37H,10-14,18-19H2,1-9H3,(H,30,35)(H,31,33). The summed E-state index contributed by atoms with van der Waals surface area (Å²) < 4.78 is 5.39. The molecule has 1 aromatic rings. The molecule has 0 fully saturated rings. The number of alkyl carbamates (subject to hydrolysis) is 1. The zero-order chi connectivity index (χ0) is 28.4. The lowest BCUT2D eigenvalue weighted by Crippen LogP contribution is -2.55. The van der Waals surface area contributed by atoms with Gasteiger partial charge in [0.15, 0.2) is 0 Å². The molecule has 3 amide bonds. The fraction of sp³-hybridized carbons (Fsp3) is 0.690. The van der Waals surface area contributed by atoms with E-state index < -0.39 is 29.3 Å². The number of hydrogen-bond donors (Lipinski definition) is 3. The molecule has 2 N–H and O–H groups in total. The Kier molecular flexibility index (Phi) is 13.0. The van der Waals surface area contributed by atoms with Crippen LogP contribution in [0.1, 0.15) is 103 Å². The summed E-state index contributed by atoms with van der Waals surface area (Å²) in [6, 6.07) is 4.08. The van der Waals surface area contributed by atoms with E-state index in [4.69, 9.17) is 4.74 Å². The van der Waals surface area contributed by atoms with Crippen molar-refractivity contribution in [1.82, 2.24) is 15.5 Å². The highest BCUT2D eigenvalue weighted by Gasteiger charge is 2.38. The maximum atomic E-state index is 14.0. The quantitative estimate of drug-likeness (QED) is 0.230. The molecule has 210 valence electrons. The number of rotatable bonds is 12. The summed E-state index contributed by atoms with van der Waals surface area (Å²) in [5.74, 6) is -0.528. The SMILES string of the molecule is CCCCCCCN(C(=O)C(CS)NC(=O)OC(C)(C)C)C(C(=O)NC(C)(C)C)c1c(C)cccc1C. The number of aryl methyl sites for hydroxylation is 2. The topological polar surface area (TPSA) is 87.7 Å². The number of carbonyl (C=O) groups excluding carboxylic acids is 3. The van der Waals surface area contributed by atoms with Gasteiger partial charge in [0.25, 0.3) is 0 Å². The molecule has 0 aromatic heterocycles. The van der Waals surface area contributed by atoms with Crippen molar-refractivity contribution in [1.29, 1.82) is 0 Å². The van der Waals surface area contributed by atoms with Crippen molar-refractivity contribution in [2.45, 2.75) is 118 Å². The molecular formula is C29H49N3O4S. The van der Waals surface area contributed by atoms with Gasteiger partial charge in [-0.15, -0.1) is 0 Å². The molecule has 0 aliphatic heterocycles. The molecule has 0 saturated carbocycles. The van der Waals surface area contributed by atoms with Gasteiger partial charge < -0.3 is 20.3 Å². The van der Waals surface area contributed by atoms with Gasteiger partial charge in [-0.05, 0) is 78.5 Å². The van der Waals surface area contributed by atoms with Crippen molar-refractivity contribution in [3.8, 4) is 0 Å². The maximum Gasteiger partial charge on any atom is 0.408 e. The highest BCUT2D eigenvalue weighted by atomic mass is 32.1. The van der Waals surface area contributed by atoms with Crippen LogP contribution in [0.15, 0.2) is 18.2 Å². The number of nitrogens with one attached hydrogen (secondary N) is 2. The zero-order valence-electron chi connectivity index (χ0n) is 24.4. The first-order chi connectivity index (χ1) is 17.1. The van der Waals surface area contributed by atoms with E-state index in [0.29, 0.717) is 6.54 Å².